The lowest BCUT2D eigenvalue weighted by Crippen LogP contribution is -2.26. The number of hydrogen-bond acceptors (Lipinski definition) is 3. The lowest BCUT2D eigenvalue weighted by atomic mass is 10.0. The number of aliphatic carboxylic acids is 1. The summed E-state index contributed by atoms with van der Waals surface area (Å²) in [5.74, 6) is -4.03. The number of carboxylic acid groups (broad SMARTS) is 1. The van der Waals surface area contributed by atoms with Crippen molar-refractivity contribution in [1.82, 2.24) is 4.90 Å². The number of rotatable bonds is 3. The van der Waals surface area contributed by atoms with Gasteiger partial charge >= 0.3 is 5.97 Å². The van der Waals surface area contributed by atoms with Gasteiger partial charge in [-0.1, -0.05) is 42.5 Å². The fourth-order valence-electron chi connectivity index (χ4n) is 2.65. The average Bonchev–Trinajstić information content (AvgIpc) is 2.76. The zero-order valence-electron chi connectivity index (χ0n) is 11.2. The summed E-state index contributed by atoms with van der Waals surface area (Å²) in [6.07, 6.45) is 0. The van der Waals surface area contributed by atoms with Gasteiger partial charge < -0.3 is 10.0 Å². The predicted molar refractivity (Wildman–Crippen MR) is 75.5 cm³/mol. The molecule has 1 aliphatic rings. The molecule has 1 amide bonds. The highest BCUT2D eigenvalue weighted by Gasteiger charge is 2.43. The third-order valence-electron chi connectivity index (χ3n) is 3.76. The highest BCUT2D eigenvalue weighted by atomic mass is 16.4. The van der Waals surface area contributed by atoms with Gasteiger partial charge in [-0.05, 0) is 16.3 Å². The number of benzene rings is 2. The van der Waals surface area contributed by atoms with Crippen molar-refractivity contribution in [2.24, 2.45) is 5.92 Å². The van der Waals surface area contributed by atoms with E-state index >= 15 is 0 Å². The largest absolute Gasteiger partial charge is 0.481 e. The van der Waals surface area contributed by atoms with E-state index in [0.29, 0.717) is 0 Å². The van der Waals surface area contributed by atoms with Crippen molar-refractivity contribution in [3.63, 3.8) is 0 Å². The second kappa shape index (κ2) is 5.01. The second-order valence-corrected chi connectivity index (χ2v) is 5.08. The van der Waals surface area contributed by atoms with E-state index in [1.54, 1.807) is 0 Å². The van der Waals surface area contributed by atoms with Crippen LogP contribution in [-0.2, 0) is 20.9 Å². The van der Waals surface area contributed by atoms with E-state index in [-0.39, 0.29) is 13.1 Å². The van der Waals surface area contributed by atoms with Gasteiger partial charge in [-0.25, -0.2) is 0 Å². The van der Waals surface area contributed by atoms with Gasteiger partial charge in [0.15, 0.2) is 0 Å². The number of ketones is 1. The SMILES string of the molecule is O=C(O)C1CN(Cc2cccc3ccccc23)C(=O)C1=O. The summed E-state index contributed by atoms with van der Waals surface area (Å²) >= 11 is 0. The summed E-state index contributed by atoms with van der Waals surface area (Å²) in [6, 6.07) is 13.5. The van der Waals surface area contributed by atoms with Crippen molar-refractivity contribution < 1.29 is 19.5 Å². The first-order chi connectivity index (χ1) is 10.1. The maximum Gasteiger partial charge on any atom is 0.316 e. The van der Waals surface area contributed by atoms with Crippen LogP contribution in [-0.4, -0.2) is 34.2 Å². The molecular weight excluding hydrogens is 270 g/mol. The van der Waals surface area contributed by atoms with E-state index in [4.69, 9.17) is 5.11 Å². The molecule has 1 atom stereocenters. The van der Waals surface area contributed by atoms with Crippen LogP contribution in [0, 0.1) is 5.92 Å². The Hall–Kier alpha value is -2.69. The lowest BCUT2D eigenvalue weighted by molar-refractivity contribution is -0.147. The summed E-state index contributed by atoms with van der Waals surface area (Å²) in [5.41, 5.74) is 0.903. The average molecular weight is 283 g/mol. The van der Waals surface area contributed by atoms with Gasteiger partial charge in [0.05, 0.1) is 0 Å². The first kappa shape index (κ1) is 13.3. The molecule has 3 rings (SSSR count). The molecule has 1 saturated heterocycles. The molecule has 0 radical (unpaired) electrons. The highest BCUT2D eigenvalue weighted by molar-refractivity contribution is 6.42. The van der Waals surface area contributed by atoms with Gasteiger partial charge in [0, 0.05) is 13.1 Å². The molecule has 1 N–H and O–H groups in total. The molecule has 21 heavy (non-hydrogen) atoms. The van der Waals surface area contributed by atoms with Crippen molar-refractivity contribution in [1.29, 1.82) is 0 Å². The fraction of sp³-hybridized carbons (Fsp3) is 0.188. The minimum Gasteiger partial charge on any atom is -0.481 e. The van der Waals surface area contributed by atoms with Crippen LogP contribution in [0.2, 0.25) is 0 Å². The van der Waals surface area contributed by atoms with Crippen LogP contribution in [0.5, 0.6) is 0 Å². The van der Waals surface area contributed by atoms with Crippen molar-refractivity contribution in [2.45, 2.75) is 6.54 Å². The molecule has 2 aromatic carbocycles. The summed E-state index contributed by atoms with van der Waals surface area (Å²) in [6.45, 7) is 0.186. The zero-order valence-corrected chi connectivity index (χ0v) is 11.2. The number of hydrogen-bond donors (Lipinski definition) is 1. The van der Waals surface area contributed by atoms with Crippen LogP contribution in [0.25, 0.3) is 10.8 Å². The van der Waals surface area contributed by atoms with Crippen LogP contribution in [0.3, 0.4) is 0 Å². The summed E-state index contributed by atoms with van der Waals surface area (Å²) in [4.78, 5) is 35.8. The molecule has 0 aromatic heterocycles. The second-order valence-electron chi connectivity index (χ2n) is 5.08. The first-order valence-corrected chi connectivity index (χ1v) is 6.60. The van der Waals surface area contributed by atoms with Gasteiger partial charge in [0.25, 0.3) is 5.91 Å². The number of carbonyl (C=O) groups is 3. The highest BCUT2D eigenvalue weighted by Crippen LogP contribution is 2.23. The molecule has 1 heterocycles. The Morgan fingerprint density at radius 3 is 2.57 bits per heavy atom. The minimum absolute atomic E-state index is 0.0593. The van der Waals surface area contributed by atoms with Gasteiger partial charge in [-0.2, -0.15) is 0 Å². The van der Waals surface area contributed by atoms with Crippen LogP contribution in [0.1, 0.15) is 5.56 Å². The molecule has 2 aromatic rings. The summed E-state index contributed by atoms with van der Waals surface area (Å²) in [5, 5.41) is 11.0. The number of carboxylic acids is 1. The Morgan fingerprint density at radius 2 is 1.86 bits per heavy atom. The maximum absolute atomic E-state index is 11.9. The Morgan fingerprint density at radius 1 is 1.14 bits per heavy atom. The van der Waals surface area contributed by atoms with E-state index in [2.05, 4.69) is 0 Å². The molecule has 0 aliphatic carbocycles. The quantitative estimate of drug-likeness (QED) is 0.683. The number of Topliss-reactive ketones (excluding diaryl/α,β-unsaturated/α-hetero) is 1. The molecule has 0 saturated carbocycles. The predicted octanol–water partition coefficient (Wildman–Crippen LogP) is 1.45. The maximum atomic E-state index is 11.9. The molecule has 5 nitrogen and oxygen atoms in total. The Balaban J connectivity index is 1.91. The molecule has 0 bridgehead atoms. The summed E-state index contributed by atoms with van der Waals surface area (Å²) < 4.78 is 0. The number of likely N-dealkylation sites (tertiary alicyclic amines) is 1. The van der Waals surface area contributed by atoms with Gasteiger partial charge in [-0.3, -0.25) is 14.4 Å². The Bertz CT molecular complexity index is 748. The van der Waals surface area contributed by atoms with Crippen LogP contribution in [0.15, 0.2) is 42.5 Å². The molecule has 106 valence electrons. The molecule has 0 spiro atoms. The zero-order chi connectivity index (χ0) is 15.0. The lowest BCUT2D eigenvalue weighted by Gasteiger charge is -2.16. The van der Waals surface area contributed by atoms with E-state index in [9.17, 15) is 14.4 Å². The van der Waals surface area contributed by atoms with E-state index in [0.717, 1.165) is 16.3 Å². The first-order valence-electron chi connectivity index (χ1n) is 6.60. The van der Waals surface area contributed by atoms with Gasteiger partial charge in [-0.15, -0.1) is 0 Å². The Kier molecular flexibility index (Phi) is 3.17. The minimum atomic E-state index is -1.24. The molecule has 1 fully saturated rings. The normalized spacial score (nSPS) is 18.5. The molecule has 5 heteroatoms. The van der Waals surface area contributed by atoms with Crippen LogP contribution in [0.4, 0.5) is 0 Å². The monoisotopic (exact) mass is 283 g/mol. The third-order valence-corrected chi connectivity index (χ3v) is 3.76. The molecule has 1 unspecified atom stereocenters. The number of fused-ring (bicyclic) bond motifs is 1. The topological polar surface area (TPSA) is 74.7 Å². The van der Waals surface area contributed by atoms with E-state index in [1.807, 2.05) is 42.5 Å². The van der Waals surface area contributed by atoms with Crippen molar-refractivity contribution >= 4 is 28.4 Å². The third kappa shape index (κ3) is 2.27. The molecular formula is C16H13NO4. The van der Waals surface area contributed by atoms with E-state index in [1.165, 1.54) is 4.90 Å². The standard InChI is InChI=1S/C16H13NO4/c18-14-13(16(20)21)9-17(15(14)19)8-11-6-3-5-10-4-1-2-7-12(10)11/h1-7,13H,8-9H2,(H,20,21). The van der Waals surface area contributed by atoms with Gasteiger partial charge in [0.2, 0.25) is 5.78 Å². The smallest absolute Gasteiger partial charge is 0.316 e. The van der Waals surface area contributed by atoms with Crippen LogP contribution < -0.4 is 0 Å². The Labute approximate surface area is 120 Å². The summed E-state index contributed by atoms with van der Waals surface area (Å²) in [7, 11) is 0. The van der Waals surface area contributed by atoms with Crippen molar-refractivity contribution in [2.75, 3.05) is 6.54 Å². The van der Waals surface area contributed by atoms with E-state index < -0.39 is 23.6 Å². The number of nitrogens with zero attached hydrogens (tertiary/aromatic N) is 1. The number of amides is 1. The van der Waals surface area contributed by atoms with Crippen molar-refractivity contribution in [3.8, 4) is 0 Å². The van der Waals surface area contributed by atoms with Crippen molar-refractivity contribution in [3.05, 3.63) is 48.0 Å². The molecule has 1 aliphatic heterocycles. The fourth-order valence-corrected chi connectivity index (χ4v) is 2.65. The van der Waals surface area contributed by atoms with Gasteiger partial charge in [0.1, 0.15) is 5.92 Å². The van der Waals surface area contributed by atoms with Crippen LogP contribution >= 0.6 is 0 Å². The number of carbonyl (C=O) groups excluding carboxylic acids is 2.